The summed E-state index contributed by atoms with van der Waals surface area (Å²) in [4.78, 5) is 26.6. The molecule has 1 saturated heterocycles. The summed E-state index contributed by atoms with van der Waals surface area (Å²) >= 11 is 11.0. The Morgan fingerprint density at radius 2 is 1.81 bits per heavy atom. The van der Waals surface area contributed by atoms with Gasteiger partial charge in [-0.2, -0.15) is 0 Å². The molecule has 0 aliphatic carbocycles. The van der Waals surface area contributed by atoms with E-state index in [9.17, 15) is 9.59 Å². The molecule has 1 aromatic carbocycles. The topological polar surface area (TPSA) is 73.5 Å². The number of carbonyl (C=O) groups is 2. The van der Waals surface area contributed by atoms with Crippen molar-refractivity contribution < 1.29 is 9.59 Å². The number of rotatable bonds is 5. The Morgan fingerprint density at radius 3 is 2.41 bits per heavy atom. The highest BCUT2D eigenvalue weighted by Crippen LogP contribution is 2.20. The molecule has 0 spiro atoms. The maximum Gasteiger partial charge on any atom is 0.253 e. The third kappa shape index (κ3) is 6.99. The summed E-state index contributed by atoms with van der Waals surface area (Å²) in [5, 5.41) is 4.08. The number of hydrogen-bond donors (Lipinski definition) is 3. The molecule has 0 bridgehead atoms. The average molecular weight is 411 g/mol. The molecule has 0 atom stereocenters. The molecule has 2 rings (SSSR count). The van der Waals surface area contributed by atoms with Crippen molar-refractivity contribution in [3.63, 3.8) is 0 Å². The predicted octanol–water partition coefficient (Wildman–Crippen LogP) is 2.73. The summed E-state index contributed by atoms with van der Waals surface area (Å²) < 4.78 is 0. The van der Waals surface area contributed by atoms with Crippen LogP contribution in [0.4, 0.5) is 0 Å². The van der Waals surface area contributed by atoms with Gasteiger partial charge in [0.25, 0.3) is 5.91 Å². The summed E-state index contributed by atoms with van der Waals surface area (Å²) in [6, 6.07) is 6.86. The lowest BCUT2D eigenvalue weighted by molar-refractivity contribution is -0.126. The second-order valence-corrected chi connectivity index (χ2v) is 7.97. The zero-order valence-electron chi connectivity index (χ0n) is 15.8. The van der Waals surface area contributed by atoms with E-state index in [-0.39, 0.29) is 17.7 Å². The zero-order valence-corrected chi connectivity index (χ0v) is 17.3. The highest BCUT2D eigenvalue weighted by Gasteiger charge is 2.27. The van der Waals surface area contributed by atoms with Crippen molar-refractivity contribution in [1.29, 1.82) is 0 Å². The average Bonchev–Trinajstić information content (AvgIpc) is 2.66. The maximum atomic E-state index is 12.5. The van der Waals surface area contributed by atoms with Crippen molar-refractivity contribution in [3.05, 3.63) is 34.9 Å². The molecule has 0 saturated carbocycles. The molecule has 3 N–H and O–H groups in total. The van der Waals surface area contributed by atoms with Crippen LogP contribution in [0.3, 0.4) is 0 Å². The monoisotopic (exact) mass is 410 g/mol. The normalized spacial score (nSPS) is 14.7. The SMILES string of the molecule is CC(C)CCNC(=S)NNC(=O)C1CCN(C(=O)c2ccc(Cl)cc2)CC1. The second-order valence-electron chi connectivity index (χ2n) is 7.13. The van der Waals surface area contributed by atoms with E-state index in [0.29, 0.717) is 47.5 Å². The molecular formula is C19H27ClN4O2S. The first kappa shape index (κ1) is 21.4. The van der Waals surface area contributed by atoms with Gasteiger partial charge in [-0.25, -0.2) is 0 Å². The van der Waals surface area contributed by atoms with Crippen molar-refractivity contribution in [2.45, 2.75) is 33.1 Å². The van der Waals surface area contributed by atoms with Crippen molar-refractivity contribution in [2.75, 3.05) is 19.6 Å². The van der Waals surface area contributed by atoms with Crippen LogP contribution >= 0.6 is 23.8 Å². The fourth-order valence-electron chi connectivity index (χ4n) is 2.86. The molecular weight excluding hydrogens is 384 g/mol. The molecule has 0 unspecified atom stereocenters. The third-order valence-corrected chi connectivity index (χ3v) is 5.05. The molecule has 6 nitrogen and oxygen atoms in total. The minimum atomic E-state index is -0.134. The Labute approximate surface area is 171 Å². The quantitative estimate of drug-likeness (QED) is 0.514. The maximum absolute atomic E-state index is 12.5. The van der Waals surface area contributed by atoms with Gasteiger partial charge in [-0.15, -0.1) is 0 Å². The molecule has 27 heavy (non-hydrogen) atoms. The highest BCUT2D eigenvalue weighted by molar-refractivity contribution is 7.80. The minimum Gasteiger partial charge on any atom is -0.361 e. The number of halogens is 1. The van der Waals surface area contributed by atoms with Gasteiger partial charge in [-0.1, -0.05) is 25.4 Å². The van der Waals surface area contributed by atoms with Crippen molar-refractivity contribution in [2.24, 2.45) is 11.8 Å². The number of nitrogens with one attached hydrogen (secondary N) is 3. The van der Waals surface area contributed by atoms with Gasteiger partial charge in [0.2, 0.25) is 5.91 Å². The lowest BCUT2D eigenvalue weighted by Crippen LogP contribution is -2.50. The number of thiocarbonyl (C=S) groups is 1. The van der Waals surface area contributed by atoms with Crippen LogP contribution in [0.5, 0.6) is 0 Å². The Hall–Kier alpha value is -1.86. The number of nitrogens with zero attached hydrogens (tertiary/aromatic N) is 1. The smallest absolute Gasteiger partial charge is 0.253 e. The van der Waals surface area contributed by atoms with Crippen LogP contribution in [0.25, 0.3) is 0 Å². The van der Waals surface area contributed by atoms with Gasteiger partial charge in [0, 0.05) is 36.1 Å². The Balaban J connectivity index is 1.71. The minimum absolute atomic E-state index is 0.0285. The number of likely N-dealkylation sites (tertiary alicyclic amines) is 1. The fraction of sp³-hybridized carbons (Fsp3) is 0.526. The molecule has 8 heteroatoms. The third-order valence-electron chi connectivity index (χ3n) is 4.55. The van der Waals surface area contributed by atoms with Crippen LogP contribution in [0.15, 0.2) is 24.3 Å². The van der Waals surface area contributed by atoms with E-state index in [1.54, 1.807) is 29.2 Å². The van der Waals surface area contributed by atoms with E-state index < -0.39 is 0 Å². The summed E-state index contributed by atoms with van der Waals surface area (Å²) in [6.45, 7) is 6.16. The molecule has 148 valence electrons. The lowest BCUT2D eigenvalue weighted by atomic mass is 9.95. The van der Waals surface area contributed by atoms with Gasteiger partial charge in [-0.05, 0) is 61.7 Å². The molecule has 0 radical (unpaired) electrons. The van der Waals surface area contributed by atoms with Gasteiger partial charge in [0.05, 0.1) is 0 Å². The van der Waals surface area contributed by atoms with Crippen LogP contribution in [-0.2, 0) is 4.79 Å². The van der Waals surface area contributed by atoms with Crippen LogP contribution in [0.2, 0.25) is 5.02 Å². The summed E-state index contributed by atoms with van der Waals surface area (Å²) in [7, 11) is 0. The Bertz CT molecular complexity index is 658. The number of hydrazine groups is 1. The fourth-order valence-corrected chi connectivity index (χ4v) is 3.14. The molecule has 1 aliphatic heterocycles. The molecule has 0 aromatic heterocycles. The largest absolute Gasteiger partial charge is 0.361 e. The molecule has 1 aromatic rings. The number of hydrogen-bond acceptors (Lipinski definition) is 3. The van der Waals surface area contributed by atoms with Crippen molar-refractivity contribution >= 4 is 40.7 Å². The van der Waals surface area contributed by atoms with Gasteiger partial charge >= 0.3 is 0 Å². The first-order valence-electron chi connectivity index (χ1n) is 9.25. The number of benzene rings is 1. The van der Waals surface area contributed by atoms with Gasteiger partial charge < -0.3 is 10.2 Å². The molecule has 1 heterocycles. The van der Waals surface area contributed by atoms with E-state index in [1.165, 1.54) is 0 Å². The first-order valence-corrected chi connectivity index (χ1v) is 10.0. The molecule has 1 fully saturated rings. The molecule has 2 amide bonds. The highest BCUT2D eigenvalue weighted by atomic mass is 35.5. The number of piperidine rings is 1. The van der Waals surface area contributed by atoms with Gasteiger partial charge in [0.15, 0.2) is 5.11 Å². The summed E-state index contributed by atoms with van der Waals surface area (Å²) in [5.74, 6) is 0.335. The van der Waals surface area contributed by atoms with Crippen molar-refractivity contribution in [1.82, 2.24) is 21.1 Å². The van der Waals surface area contributed by atoms with Crippen LogP contribution < -0.4 is 16.2 Å². The second kappa shape index (κ2) is 10.5. The van der Waals surface area contributed by atoms with Crippen LogP contribution in [0.1, 0.15) is 43.5 Å². The first-order chi connectivity index (χ1) is 12.9. The zero-order chi connectivity index (χ0) is 19.8. The van der Waals surface area contributed by atoms with E-state index in [4.69, 9.17) is 23.8 Å². The van der Waals surface area contributed by atoms with Crippen LogP contribution in [-0.4, -0.2) is 41.5 Å². The van der Waals surface area contributed by atoms with E-state index in [2.05, 4.69) is 30.0 Å². The van der Waals surface area contributed by atoms with E-state index >= 15 is 0 Å². The Morgan fingerprint density at radius 1 is 1.19 bits per heavy atom. The lowest BCUT2D eigenvalue weighted by Gasteiger charge is -2.31. The molecule has 1 aliphatic rings. The summed E-state index contributed by atoms with van der Waals surface area (Å²) in [5.41, 5.74) is 6.02. The Kier molecular flexibility index (Phi) is 8.31. The number of carbonyl (C=O) groups excluding carboxylic acids is 2. The van der Waals surface area contributed by atoms with Crippen molar-refractivity contribution in [3.8, 4) is 0 Å². The van der Waals surface area contributed by atoms with Crippen LogP contribution in [0, 0.1) is 11.8 Å². The number of amides is 2. The predicted molar refractivity (Wildman–Crippen MR) is 111 cm³/mol. The van der Waals surface area contributed by atoms with E-state index in [0.717, 1.165) is 13.0 Å². The van der Waals surface area contributed by atoms with E-state index in [1.807, 2.05) is 0 Å². The standard InChI is InChI=1S/C19H27ClN4O2S/c1-13(2)7-10-21-19(27)23-22-17(25)14-8-11-24(12-9-14)18(26)15-3-5-16(20)6-4-15/h3-6,13-14H,7-12H2,1-2H3,(H,22,25)(H2,21,23,27). The van der Waals surface area contributed by atoms with Gasteiger partial charge in [-0.3, -0.25) is 20.4 Å². The van der Waals surface area contributed by atoms with Gasteiger partial charge in [0.1, 0.15) is 0 Å². The summed E-state index contributed by atoms with van der Waals surface area (Å²) in [6.07, 6.45) is 2.26.